The largest absolute Gasteiger partial charge is 0.461 e. The Hall–Kier alpha value is -2.35. The van der Waals surface area contributed by atoms with Gasteiger partial charge < -0.3 is 19.9 Å². The number of nitrogens with zero attached hydrogens (tertiary/aromatic N) is 2. The molecule has 138 valence electrons. The average molecular weight is 350 g/mol. The molecule has 0 unspecified atom stereocenters. The number of carbonyl (C=O) groups excluding carboxylic acids is 1. The Bertz CT molecular complexity index is 693. The van der Waals surface area contributed by atoms with Gasteiger partial charge in [-0.25, -0.2) is 9.79 Å². The summed E-state index contributed by atoms with van der Waals surface area (Å²) < 4.78 is 16.7. The number of aliphatic imine (C=N–C) groups is 1. The zero-order chi connectivity index (χ0) is 18.8. The molecule has 0 aromatic carbocycles. The van der Waals surface area contributed by atoms with Crippen molar-refractivity contribution in [3.63, 3.8) is 0 Å². The summed E-state index contributed by atoms with van der Waals surface area (Å²) in [7, 11) is 0. The number of alkyl carbamates (subject to hydrolysis) is 1. The molecule has 0 saturated heterocycles. The van der Waals surface area contributed by atoms with Crippen molar-refractivity contribution in [1.29, 1.82) is 0 Å². The maximum absolute atomic E-state index is 11.7. The minimum absolute atomic E-state index is 0.0263. The third kappa shape index (κ3) is 5.32. The van der Waals surface area contributed by atoms with Gasteiger partial charge in [0.15, 0.2) is 5.96 Å². The van der Waals surface area contributed by atoms with Crippen molar-refractivity contribution in [2.75, 3.05) is 0 Å². The van der Waals surface area contributed by atoms with Crippen LogP contribution in [0.4, 0.5) is 4.79 Å². The molecule has 1 amide bonds. The summed E-state index contributed by atoms with van der Waals surface area (Å²) in [5.74, 6) is -0.0114. The topological polar surface area (TPSA) is 108 Å². The first-order chi connectivity index (χ1) is 11.5. The van der Waals surface area contributed by atoms with Gasteiger partial charge in [0.1, 0.15) is 11.4 Å². The van der Waals surface area contributed by atoms with Crippen LogP contribution in [0, 0.1) is 6.92 Å². The predicted molar refractivity (Wildman–Crippen MR) is 93.2 cm³/mol. The number of hydrogen-bond donors (Lipinski definition) is 2. The third-order valence-electron chi connectivity index (χ3n) is 3.37. The summed E-state index contributed by atoms with van der Waals surface area (Å²) in [6, 6.07) is 0. The average Bonchev–Trinajstić information content (AvgIpc) is 2.44. The van der Waals surface area contributed by atoms with Crippen LogP contribution >= 0.6 is 0 Å². The van der Waals surface area contributed by atoms with Crippen LogP contribution in [0.1, 0.15) is 51.4 Å². The molecule has 0 fully saturated rings. The van der Waals surface area contributed by atoms with Gasteiger partial charge in [-0.05, 0) is 27.7 Å². The van der Waals surface area contributed by atoms with Crippen molar-refractivity contribution in [3.8, 4) is 5.75 Å². The molecule has 0 bridgehead atoms. The minimum atomic E-state index is -0.696. The van der Waals surface area contributed by atoms with Crippen molar-refractivity contribution in [1.82, 2.24) is 10.3 Å². The van der Waals surface area contributed by atoms with E-state index < -0.39 is 17.5 Å². The van der Waals surface area contributed by atoms with Crippen LogP contribution in [-0.4, -0.2) is 28.4 Å². The van der Waals surface area contributed by atoms with Crippen LogP contribution in [0.5, 0.6) is 5.75 Å². The van der Waals surface area contributed by atoms with E-state index in [4.69, 9.17) is 19.9 Å². The van der Waals surface area contributed by atoms with Gasteiger partial charge >= 0.3 is 6.09 Å². The van der Waals surface area contributed by atoms with Crippen LogP contribution in [0.2, 0.25) is 0 Å². The summed E-state index contributed by atoms with van der Waals surface area (Å²) >= 11 is 0. The van der Waals surface area contributed by atoms with E-state index in [0.29, 0.717) is 12.4 Å². The Morgan fingerprint density at radius 1 is 1.48 bits per heavy atom. The van der Waals surface area contributed by atoms with E-state index in [1.807, 2.05) is 20.8 Å². The molecule has 25 heavy (non-hydrogen) atoms. The first-order valence-electron chi connectivity index (χ1n) is 8.07. The van der Waals surface area contributed by atoms with Gasteiger partial charge in [0.25, 0.3) is 0 Å². The molecule has 0 saturated carbocycles. The molecular formula is C17H26N4O4. The lowest BCUT2D eigenvalue weighted by atomic mass is 10.1. The van der Waals surface area contributed by atoms with Gasteiger partial charge in [-0.1, -0.05) is 0 Å². The van der Waals surface area contributed by atoms with Gasteiger partial charge in [-0.15, -0.1) is 0 Å². The van der Waals surface area contributed by atoms with Gasteiger partial charge in [-0.2, -0.15) is 0 Å². The molecule has 1 aromatic heterocycles. The molecule has 0 aliphatic carbocycles. The van der Waals surface area contributed by atoms with E-state index in [1.54, 1.807) is 27.0 Å². The predicted octanol–water partition coefficient (Wildman–Crippen LogP) is 2.37. The number of fused-ring (bicyclic) bond motifs is 1. The lowest BCUT2D eigenvalue weighted by Gasteiger charge is -2.34. The van der Waals surface area contributed by atoms with E-state index in [1.165, 1.54) is 0 Å². The second kappa shape index (κ2) is 6.87. The fraction of sp³-hybridized carbons (Fsp3) is 0.588. The van der Waals surface area contributed by atoms with Crippen molar-refractivity contribution >= 4 is 12.1 Å². The first kappa shape index (κ1) is 19.0. The number of aromatic nitrogens is 1. The molecule has 1 aromatic rings. The zero-order valence-electron chi connectivity index (χ0n) is 15.6. The highest BCUT2D eigenvalue weighted by Gasteiger charge is 2.30. The molecule has 0 atom stereocenters. The first-order valence-corrected chi connectivity index (χ1v) is 8.07. The number of nitrogens with two attached hydrogens (primary N) is 1. The van der Waals surface area contributed by atoms with E-state index in [9.17, 15) is 4.79 Å². The van der Waals surface area contributed by atoms with Crippen molar-refractivity contribution < 1.29 is 19.0 Å². The number of aryl methyl sites for hydroxylation is 1. The number of rotatable bonds is 2. The SMILES string of the molecule is Cc1ncc(CN=C(N)NC(=O)OC(C)(C)C)c2c1OC(C)(C)OC2. The van der Waals surface area contributed by atoms with Crippen LogP contribution in [0.15, 0.2) is 11.2 Å². The molecule has 3 N–H and O–H groups in total. The molecule has 1 aliphatic heterocycles. The third-order valence-corrected chi connectivity index (χ3v) is 3.37. The van der Waals surface area contributed by atoms with Gasteiger partial charge in [-0.3, -0.25) is 10.3 Å². The highest BCUT2D eigenvalue weighted by molar-refractivity contribution is 5.92. The molecule has 2 rings (SSSR count). The monoisotopic (exact) mass is 350 g/mol. The molecular weight excluding hydrogens is 324 g/mol. The number of carbonyl (C=O) groups is 1. The lowest BCUT2D eigenvalue weighted by molar-refractivity contribution is -0.180. The number of hydrogen-bond acceptors (Lipinski definition) is 6. The molecule has 0 radical (unpaired) electrons. The summed E-state index contributed by atoms with van der Waals surface area (Å²) in [6.45, 7) is 11.5. The number of pyridine rings is 1. The Morgan fingerprint density at radius 3 is 2.80 bits per heavy atom. The number of guanidine groups is 1. The molecule has 8 nitrogen and oxygen atoms in total. The highest BCUT2D eigenvalue weighted by atomic mass is 16.7. The summed E-state index contributed by atoms with van der Waals surface area (Å²) in [5.41, 5.74) is 7.64. The van der Waals surface area contributed by atoms with E-state index in [-0.39, 0.29) is 12.5 Å². The molecule has 2 heterocycles. The smallest absolute Gasteiger partial charge is 0.414 e. The van der Waals surface area contributed by atoms with Crippen LogP contribution in [0.25, 0.3) is 0 Å². The Labute approximate surface area is 147 Å². The van der Waals surface area contributed by atoms with Gasteiger partial charge in [0.2, 0.25) is 5.79 Å². The summed E-state index contributed by atoms with van der Waals surface area (Å²) in [5, 5.41) is 2.39. The Kier molecular flexibility index (Phi) is 5.22. The van der Waals surface area contributed by atoms with Gasteiger partial charge in [0.05, 0.1) is 18.8 Å². The standard InChI is InChI=1S/C17H26N4O4/c1-10-13-12(9-23-17(5,6)24-13)11(7-19-10)8-20-14(18)21-15(22)25-16(2,3)4/h7H,8-9H2,1-6H3,(H3,18,20,21,22). The van der Waals surface area contributed by atoms with Crippen LogP contribution in [-0.2, 0) is 22.6 Å². The number of amides is 1. The van der Waals surface area contributed by atoms with E-state index in [2.05, 4.69) is 15.3 Å². The fourth-order valence-corrected chi connectivity index (χ4v) is 2.24. The minimum Gasteiger partial charge on any atom is -0.461 e. The highest BCUT2D eigenvalue weighted by Crippen LogP contribution is 2.35. The van der Waals surface area contributed by atoms with Crippen LogP contribution < -0.4 is 15.8 Å². The second-order valence-corrected chi connectivity index (χ2v) is 7.30. The van der Waals surface area contributed by atoms with Crippen molar-refractivity contribution in [2.45, 2.75) is 66.1 Å². The van der Waals surface area contributed by atoms with Crippen LogP contribution in [0.3, 0.4) is 0 Å². The summed E-state index contributed by atoms with van der Waals surface area (Å²) in [4.78, 5) is 20.2. The molecule has 0 spiro atoms. The normalized spacial score (nSPS) is 16.6. The number of ether oxygens (including phenoxy) is 3. The molecule has 1 aliphatic rings. The maximum atomic E-state index is 11.7. The molecule has 8 heteroatoms. The van der Waals surface area contributed by atoms with E-state index >= 15 is 0 Å². The lowest BCUT2D eigenvalue weighted by Crippen LogP contribution is -2.40. The van der Waals surface area contributed by atoms with Gasteiger partial charge in [0, 0.05) is 31.2 Å². The zero-order valence-corrected chi connectivity index (χ0v) is 15.6. The maximum Gasteiger partial charge on any atom is 0.414 e. The van der Waals surface area contributed by atoms with Crippen molar-refractivity contribution in [2.24, 2.45) is 10.7 Å². The second-order valence-electron chi connectivity index (χ2n) is 7.30. The van der Waals surface area contributed by atoms with Crippen molar-refractivity contribution in [3.05, 3.63) is 23.0 Å². The fourth-order valence-electron chi connectivity index (χ4n) is 2.24. The Morgan fingerprint density at radius 2 is 2.16 bits per heavy atom. The Balaban J connectivity index is 2.10. The van der Waals surface area contributed by atoms with E-state index in [0.717, 1.165) is 16.8 Å². The summed E-state index contributed by atoms with van der Waals surface area (Å²) in [6.07, 6.45) is 1.06. The number of nitrogens with one attached hydrogen (secondary N) is 1. The quantitative estimate of drug-likeness (QED) is 0.626.